The van der Waals surface area contributed by atoms with Gasteiger partial charge in [-0.25, -0.2) is 15.0 Å². The van der Waals surface area contributed by atoms with E-state index in [1.165, 1.54) is 17.9 Å². The van der Waals surface area contributed by atoms with E-state index in [2.05, 4.69) is 25.6 Å². The third kappa shape index (κ3) is 4.32. The van der Waals surface area contributed by atoms with Gasteiger partial charge >= 0.3 is 0 Å². The molecule has 5 rings (SSSR count). The first kappa shape index (κ1) is 23.2. The van der Waals surface area contributed by atoms with E-state index in [9.17, 15) is 15.0 Å². The number of carbonyl (C=O) groups excluding carboxylic acids is 1. The molecule has 4 atom stereocenters. The van der Waals surface area contributed by atoms with Crippen LogP contribution in [-0.4, -0.2) is 61.0 Å². The summed E-state index contributed by atoms with van der Waals surface area (Å²) in [7, 11) is 1.43. The van der Waals surface area contributed by atoms with Crippen molar-refractivity contribution in [1.29, 1.82) is 0 Å². The number of halogens is 1. The van der Waals surface area contributed by atoms with Gasteiger partial charge < -0.3 is 25.6 Å². The molecule has 1 amide bonds. The van der Waals surface area contributed by atoms with Crippen LogP contribution in [0.5, 0.6) is 0 Å². The summed E-state index contributed by atoms with van der Waals surface area (Å²) in [5, 5.41) is 27.3. The second kappa shape index (κ2) is 9.59. The smallest absolute Gasteiger partial charge is 0.251 e. The van der Waals surface area contributed by atoms with E-state index >= 15 is 0 Å². The number of hydrogen-bond acceptors (Lipinski definition) is 8. The lowest BCUT2D eigenvalue weighted by Gasteiger charge is -2.17. The number of carbonyl (C=O) groups is 1. The van der Waals surface area contributed by atoms with Crippen LogP contribution in [0.4, 0.5) is 5.82 Å². The van der Waals surface area contributed by atoms with E-state index in [1.807, 2.05) is 42.5 Å². The van der Waals surface area contributed by atoms with Crippen LogP contribution >= 0.6 is 11.6 Å². The van der Waals surface area contributed by atoms with Crippen molar-refractivity contribution >= 4 is 34.5 Å². The summed E-state index contributed by atoms with van der Waals surface area (Å²) in [5.41, 5.74) is 2.44. The molecule has 1 saturated heterocycles. The van der Waals surface area contributed by atoms with Gasteiger partial charge in [-0.2, -0.15) is 0 Å². The van der Waals surface area contributed by atoms with Crippen LogP contribution in [0.1, 0.15) is 11.8 Å². The number of anilines is 1. The highest BCUT2D eigenvalue weighted by molar-refractivity contribution is 6.33. The van der Waals surface area contributed by atoms with E-state index in [0.717, 1.165) is 5.56 Å². The van der Waals surface area contributed by atoms with Crippen LogP contribution < -0.4 is 10.6 Å². The number of nitrogens with one attached hydrogen (secondary N) is 2. The molecule has 1 aliphatic rings. The molecule has 3 heterocycles. The van der Waals surface area contributed by atoms with Crippen molar-refractivity contribution in [3.63, 3.8) is 0 Å². The second-order valence-corrected chi connectivity index (χ2v) is 8.49. The maximum absolute atomic E-state index is 12.1. The van der Waals surface area contributed by atoms with Crippen LogP contribution in [-0.2, 0) is 16.1 Å². The molecule has 0 bridgehead atoms. The van der Waals surface area contributed by atoms with Gasteiger partial charge in [-0.1, -0.05) is 54.1 Å². The molecule has 35 heavy (non-hydrogen) atoms. The Morgan fingerprint density at radius 2 is 1.83 bits per heavy atom. The molecule has 2 aromatic carbocycles. The normalized spacial score (nSPS) is 21.8. The van der Waals surface area contributed by atoms with E-state index in [-0.39, 0.29) is 0 Å². The standard InChI is InChI=1S/C24H23ClN6O4/c1-26-23(34)19-17(32)18(33)24(35-19)31-12-28-16-21(27-11-13-7-3-2-4-8-13)29-20(30-22(16)31)14-9-5-6-10-15(14)25/h2-10,12,17-19,24,32-33H,11H2,1H3,(H,26,34)(H,27,29,30)/t17?,18?,19-,24?/m1/s1. The molecule has 0 spiro atoms. The first-order valence-electron chi connectivity index (χ1n) is 11.0. The minimum Gasteiger partial charge on any atom is -0.387 e. The zero-order chi connectivity index (χ0) is 24.5. The number of fused-ring (bicyclic) bond motifs is 1. The van der Waals surface area contributed by atoms with Crippen molar-refractivity contribution in [2.24, 2.45) is 0 Å². The highest BCUT2D eigenvalue weighted by Crippen LogP contribution is 2.34. The monoisotopic (exact) mass is 494 g/mol. The molecule has 0 saturated carbocycles. The number of hydrogen-bond donors (Lipinski definition) is 4. The van der Waals surface area contributed by atoms with Gasteiger partial charge in [0, 0.05) is 19.2 Å². The fourth-order valence-electron chi connectivity index (χ4n) is 4.02. The SMILES string of the molecule is CNC(=O)[C@@H]1OC(n2cnc3c(NCc4ccccc4)nc(-c4ccccc4Cl)nc32)C(O)C1O. The number of nitrogens with zero attached hydrogens (tertiary/aromatic N) is 4. The first-order chi connectivity index (χ1) is 17.0. The Bertz CT molecular complexity index is 1360. The number of aliphatic hydroxyl groups is 2. The number of likely N-dealkylation sites (N-methyl/N-ethyl adjacent to an activating group) is 1. The molecule has 1 aliphatic heterocycles. The fourth-order valence-corrected chi connectivity index (χ4v) is 4.24. The van der Waals surface area contributed by atoms with Gasteiger partial charge in [-0.3, -0.25) is 9.36 Å². The summed E-state index contributed by atoms with van der Waals surface area (Å²) >= 11 is 6.42. The molecule has 0 radical (unpaired) electrons. The first-order valence-corrected chi connectivity index (χ1v) is 11.4. The maximum atomic E-state index is 12.1. The number of aromatic nitrogens is 4. The van der Waals surface area contributed by atoms with Gasteiger partial charge in [-0.15, -0.1) is 0 Å². The summed E-state index contributed by atoms with van der Waals surface area (Å²) in [5.74, 6) is 0.264. The van der Waals surface area contributed by atoms with Crippen LogP contribution in [0, 0.1) is 0 Å². The van der Waals surface area contributed by atoms with Crippen LogP contribution in [0.3, 0.4) is 0 Å². The molecule has 4 aromatic rings. The molecule has 1 fully saturated rings. The lowest BCUT2D eigenvalue weighted by Crippen LogP contribution is -2.41. The van der Waals surface area contributed by atoms with Crippen LogP contribution in [0.15, 0.2) is 60.9 Å². The van der Waals surface area contributed by atoms with Gasteiger partial charge in [0.25, 0.3) is 5.91 Å². The van der Waals surface area contributed by atoms with Crippen molar-refractivity contribution in [3.05, 3.63) is 71.5 Å². The Balaban J connectivity index is 1.59. The number of aliphatic hydroxyl groups excluding tert-OH is 2. The molecule has 4 N–H and O–H groups in total. The lowest BCUT2D eigenvalue weighted by atomic mass is 10.1. The van der Waals surface area contributed by atoms with E-state index in [4.69, 9.17) is 16.3 Å². The predicted molar refractivity (Wildman–Crippen MR) is 130 cm³/mol. The third-order valence-electron chi connectivity index (χ3n) is 5.86. The average molecular weight is 495 g/mol. The van der Waals surface area contributed by atoms with Gasteiger partial charge in [0.05, 0.1) is 11.3 Å². The van der Waals surface area contributed by atoms with E-state index < -0.39 is 30.4 Å². The highest BCUT2D eigenvalue weighted by atomic mass is 35.5. The van der Waals surface area contributed by atoms with Crippen molar-refractivity contribution in [1.82, 2.24) is 24.8 Å². The van der Waals surface area contributed by atoms with Crippen molar-refractivity contribution < 1.29 is 19.7 Å². The quantitative estimate of drug-likeness (QED) is 0.320. The molecular weight excluding hydrogens is 472 g/mol. The average Bonchev–Trinajstić information content (AvgIpc) is 3.43. The number of amides is 1. The second-order valence-electron chi connectivity index (χ2n) is 8.08. The summed E-state index contributed by atoms with van der Waals surface area (Å²) in [6, 6.07) is 17.0. The van der Waals surface area contributed by atoms with Gasteiger partial charge in [0.1, 0.15) is 12.2 Å². The van der Waals surface area contributed by atoms with Gasteiger partial charge in [-0.05, 0) is 17.7 Å². The largest absolute Gasteiger partial charge is 0.387 e. The molecular formula is C24H23ClN6O4. The van der Waals surface area contributed by atoms with E-state index in [1.54, 1.807) is 12.1 Å². The van der Waals surface area contributed by atoms with Crippen molar-refractivity contribution in [2.45, 2.75) is 31.1 Å². The van der Waals surface area contributed by atoms with Crippen molar-refractivity contribution in [2.75, 3.05) is 12.4 Å². The fraction of sp³-hybridized carbons (Fsp3) is 0.250. The van der Waals surface area contributed by atoms with Crippen LogP contribution in [0.2, 0.25) is 5.02 Å². The third-order valence-corrected chi connectivity index (χ3v) is 6.19. The Hall–Kier alpha value is -3.57. The minimum atomic E-state index is -1.42. The van der Waals surface area contributed by atoms with E-state index in [0.29, 0.717) is 39.9 Å². The molecule has 3 unspecified atom stereocenters. The minimum absolute atomic E-state index is 0.344. The van der Waals surface area contributed by atoms with Gasteiger partial charge in [0.2, 0.25) is 0 Å². The lowest BCUT2D eigenvalue weighted by molar-refractivity contribution is -0.137. The molecule has 10 nitrogen and oxygen atoms in total. The van der Waals surface area contributed by atoms with Crippen LogP contribution in [0.25, 0.3) is 22.6 Å². The molecule has 180 valence electrons. The Morgan fingerprint density at radius 3 is 2.57 bits per heavy atom. The summed E-state index contributed by atoms with van der Waals surface area (Å²) in [6.07, 6.45) is -3.69. The molecule has 0 aliphatic carbocycles. The highest BCUT2D eigenvalue weighted by Gasteiger charge is 2.47. The Labute approximate surface area is 205 Å². The number of ether oxygens (including phenoxy) is 1. The molecule has 2 aromatic heterocycles. The Morgan fingerprint density at radius 1 is 1.09 bits per heavy atom. The number of benzene rings is 2. The molecule has 11 heteroatoms. The Kier molecular flexibility index (Phi) is 6.35. The summed E-state index contributed by atoms with van der Waals surface area (Å²) in [6.45, 7) is 0.488. The maximum Gasteiger partial charge on any atom is 0.251 e. The topological polar surface area (TPSA) is 134 Å². The zero-order valence-corrected chi connectivity index (χ0v) is 19.4. The number of imidazole rings is 1. The van der Waals surface area contributed by atoms with Crippen molar-refractivity contribution in [3.8, 4) is 11.4 Å². The summed E-state index contributed by atoms with van der Waals surface area (Å²) in [4.78, 5) is 25.9. The number of rotatable bonds is 6. The zero-order valence-electron chi connectivity index (χ0n) is 18.7. The predicted octanol–water partition coefficient (Wildman–Crippen LogP) is 2.12. The summed E-state index contributed by atoms with van der Waals surface area (Å²) < 4.78 is 7.22. The van der Waals surface area contributed by atoms with Gasteiger partial charge in [0.15, 0.2) is 35.1 Å².